The summed E-state index contributed by atoms with van der Waals surface area (Å²) in [5.74, 6) is 1.17. The number of benzene rings is 1. The third-order valence-electron chi connectivity index (χ3n) is 3.67. The largest absolute Gasteiger partial charge is 0.490 e. The minimum Gasteiger partial charge on any atom is -0.490 e. The van der Waals surface area contributed by atoms with Crippen molar-refractivity contribution in [3.63, 3.8) is 0 Å². The van der Waals surface area contributed by atoms with Gasteiger partial charge in [0.2, 0.25) is 0 Å². The highest BCUT2D eigenvalue weighted by Crippen LogP contribution is 2.37. The summed E-state index contributed by atoms with van der Waals surface area (Å²) in [4.78, 5) is 4.03. The van der Waals surface area contributed by atoms with Crippen LogP contribution in [-0.4, -0.2) is 22.8 Å². The molecule has 0 radical (unpaired) electrons. The summed E-state index contributed by atoms with van der Waals surface area (Å²) < 4.78 is 13.4. The van der Waals surface area contributed by atoms with E-state index in [0.29, 0.717) is 34.8 Å². The lowest BCUT2D eigenvalue weighted by Crippen LogP contribution is -2.00. The average molecular weight is 383 g/mol. The molecule has 0 aliphatic carbocycles. The molecule has 0 N–H and O–H groups in total. The second-order valence-electron chi connectivity index (χ2n) is 5.66. The van der Waals surface area contributed by atoms with Gasteiger partial charge in [0.25, 0.3) is 0 Å². The minimum absolute atomic E-state index is 0.475. The number of hydrogen-bond acceptors (Lipinski definition) is 3. The number of aryl methyl sites for hydroxylation is 1. The normalized spacial score (nSPS) is 11.2. The molecule has 25 heavy (non-hydrogen) atoms. The molecule has 1 heterocycles. The van der Waals surface area contributed by atoms with Gasteiger partial charge in [-0.25, -0.2) is 4.98 Å². The van der Waals surface area contributed by atoms with Gasteiger partial charge >= 0.3 is 0 Å². The van der Waals surface area contributed by atoms with Gasteiger partial charge in [0.05, 0.1) is 23.0 Å². The molecule has 0 saturated carbocycles. The van der Waals surface area contributed by atoms with Crippen molar-refractivity contribution in [3.05, 3.63) is 53.1 Å². The first-order valence-electron chi connectivity index (χ1n) is 8.52. The van der Waals surface area contributed by atoms with Gasteiger partial charge in [-0.3, -0.25) is 0 Å². The van der Waals surface area contributed by atoms with Crippen molar-refractivity contribution in [2.45, 2.75) is 39.2 Å². The predicted octanol–water partition coefficient (Wildman–Crippen LogP) is 5.78. The van der Waals surface area contributed by atoms with E-state index in [9.17, 15) is 0 Å². The molecule has 0 atom stereocenters. The monoisotopic (exact) mass is 382 g/mol. The second-order valence-corrected chi connectivity index (χ2v) is 6.47. The number of rotatable bonds is 11. The van der Waals surface area contributed by atoms with E-state index in [4.69, 9.17) is 32.7 Å². The average Bonchev–Trinajstić information content (AvgIpc) is 3.09. The maximum Gasteiger partial charge on any atom is 0.156 e. The lowest BCUT2D eigenvalue weighted by Gasteiger charge is -2.12. The van der Waals surface area contributed by atoms with Gasteiger partial charge in [-0.1, -0.05) is 48.2 Å². The molecule has 0 bridgehead atoms. The fraction of sp³-hybridized carbons (Fsp3) is 0.421. The van der Waals surface area contributed by atoms with Crippen molar-refractivity contribution in [1.29, 1.82) is 0 Å². The Morgan fingerprint density at radius 1 is 1.08 bits per heavy atom. The lowest BCUT2D eigenvalue weighted by molar-refractivity contribution is 0.303. The Bertz CT molecular complexity index is 634. The first kappa shape index (κ1) is 19.7. The smallest absolute Gasteiger partial charge is 0.156 e. The number of nitrogens with zero attached hydrogens (tertiary/aromatic N) is 2. The molecule has 6 heteroatoms. The van der Waals surface area contributed by atoms with Crippen LogP contribution in [0, 0.1) is 0 Å². The van der Waals surface area contributed by atoms with Crippen LogP contribution in [0.3, 0.4) is 0 Å². The number of ether oxygens (including phenoxy) is 2. The molecule has 0 aliphatic rings. The number of aromatic nitrogens is 2. The zero-order valence-corrected chi connectivity index (χ0v) is 16.0. The second kappa shape index (κ2) is 11.1. The van der Waals surface area contributed by atoms with Gasteiger partial charge in [0.1, 0.15) is 12.4 Å². The molecule has 0 unspecified atom stereocenters. The van der Waals surface area contributed by atoms with Crippen LogP contribution in [0.1, 0.15) is 32.6 Å². The molecular weight excluding hydrogens is 359 g/mol. The Morgan fingerprint density at radius 3 is 2.52 bits per heavy atom. The van der Waals surface area contributed by atoms with Crippen molar-refractivity contribution in [3.8, 4) is 11.5 Å². The summed E-state index contributed by atoms with van der Waals surface area (Å²) >= 11 is 12.5. The van der Waals surface area contributed by atoms with Crippen LogP contribution in [0.15, 0.2) is 43.0 Å². The lowest BCUT2D eigenvalue weighted by atomic mass is 10.2. The summed E-state index contributed by atoms with van der Waals surface area (Å²) in [5, 5.41) is 0.950. The van der Waals surface area contributed by atoms with E-state index < -0.39 is 0 Å². The van der Waals surface area contributed by atoms with Crippen LogP contribution in [0.5, 0.6) is 11.5 Å². The Morgan fingerprint density at radius 2 is 1.84 bits per heavy atom. The van der Waals surface area contributed by atoms with E-state index in [0.717, 1.165) is 32.2 Å². The molecule has 2 rings (SSSR count). The summed E-state index contributed by atoms with van der Waals surface area (Å²) in [6, 6.07) is 3.47. The van der Waals surface area contributed by atoms with Gasteiger partial charge < -0.3 is 14.0 Å². The van der Waals surface area contributed by atoms with Crippen LogP contribution < -0.4 is 9.47 Å². The summed E-state index contributed by atoms with van der Waals surface area (Å²) in [7, 11) is 0. The van der Waals surface area contributed by atoms with Crippen molar-refractivity contribution >= 4 is 23.2 Å². The van der Waals surface area contributed by atoms with E-state index in [1.807, 2.05) is 31.6 Å². The fourth-order valence-electron chi connectivity index (χ4n) is 2.34. The van der Waals surface area contributed by atoms with E-state index in [-0.39, 0.29) is 0 Å². The molecule has 0 aliphatic heterocycles. The first-order valence-corrected chi connectivity index (χ1v) is 9.28. The Balaban J connectivity index is 1.67. The molecule has 0 fully saturated rings. The number of imidazole rings is 1. The summed E-state index contributed by atoms with van der Waals surface area (Å²) in [5.41, 5.74) is 0. The van der Waals surface area contributed by atoms with E-state index in [1.54, 1.807) is 18.3 Å². The zero-order chi connectivity index (χ0) is 17.9. The van der Waals surface area contributed by atoms with E-state index in [1.165, 1.54) is 0 Å². The molecule has 1 aromatic heterocycles. The van der Waals surface area contributed by atoms with Crippen LogP contribution in [0.4, 0.5) is 0 Å². The minimum atomic E-state index is 0.475. The third-order valence-corrected chi connectivity index (χ3v) is 4.23. The van der Waals surface area contributed by atoms with Crippen molar-refractivity contribution < 1.29 is 9.47 Å². The first-order chi connectivity index (χ1) is 12.2. The molecule has 4 nitrogen and oxygen atoms in total. The molecule has 0 spiro atoms. The molecule has 0 amide bonds. The highest BCUT2D eigenvalue weighted by Gasteiger charge is 2.10. The maximum atomic E-state index is 6.25. The fourth-order valence-corrected chi connectivity index (χ4v) is 2.92. The zero-order valence-electron chi connectivity index (χ0n) is 14.5. The maximum absolute atomic E-state index is 6.25. The summed E-state index contributed by atoms with van der Waals surface area (Å²) in [6.07, 6.45) is 13.8. The Kier molecular flexibility index (Phi) is 8.70. The number of hydrogen-bond donors (Lipinski definition) is 0. The van der Waals surface area contributed by atoms with Crippen molar-refractivity contribution in [1.82, 2.24) is 9.55 Å². The molecule has 2 aromatic rings. The SMILES string of the molecule is C/C=C\COc1cc(Cl)c(OCCCCCCn2ccnc2)c(Cl)c1. The van der Waals surface area contributed by atoms with Gasteiger partial charge in [-0.05, 0) is 19.8 Å². The predicted molar refractivity (Wildman–Crippen MR) is 103 cm³/mol. The highest BCUT2D eigenvalue weighted by atomic mass is 35.5. The van der Waals surface area contributed by atoms with Gasteiger partial charge in [-0.15, -0.1) is 0 Å². The molecule has 0 saturated heterocycles. The van der Waals surface area contributed by atoms with Gasteiger partial charge in [-0.2, -0.15) is 0 Å². The van der Waals surface area contributed by atoms with Crippen LogP contribution >= 0.6 is 23.2 Å². The van der Waals surface area contributed by atoms with Crippen LogP contribution in [-0.2, 0) is 6.54 Å². The Hall–Kier alpha value is -1.65. The Labute approximate surface area is 159 Å². The highest BCUT2D eigenvalue weighted by molar-refractivity contribution is 6.37. The topological polar surface area (TPSA) is 36.3 Å². The third kappa shape index (κ3) is 7.00. The van der Waals surface area contributed by atoms with E-state index >= 15 is 0 Å². The molecule has 1 aromatic carbocycles. The van der Waals surface area contributed by atoms with Crippen LogP contribution in [0.2, 0.25) is 10.0 Å². The molecular formula is C19H24Cl2N2O2. The quantitative estimate of drug-likeness (QED) is 0.364. The molecule has 136 valence electrons. The summed E-state index contributed by atoms with van der Waals surface area (Å²) in [6.45, 7) is 4.04. The van der Waals surface area contributed by atoms with Crippen molar-refractivity contribution in [2.24, 2.45) is 0 Å². The van der Waals surface area contributed by atoms with Gasteiger partial charge in [0.15, 0.2) is 5.75 Å². The standard InChI is InChI=1S/C19H24Cl2N2O2/c1-2-3-11-24-16-13-17(20)19(18(21)14-16)25-12-7-5-4-6-9-23-10-8-22-15-23/h2-3,8,10,13-15H,4-7,9,11-12H2,1H3/b3-2-. The van der Waals surface area contributed by atoms with Crippen LogP contribution in [0.25, 0.3) is 0 Å². The number of halogens is 2. The number of allylic oxidation sites excluding steroid dienone is 1. The number of unbranched alkanes of at least 4 members (excludes halogenated alkanes) is 3. The van der Waals surface area contributed by atoms with E-state index in [2.05, 4.69) is 9.55 Å². The van der Waals surface area contributed by atoms with Gasteiger partial charge in [0, 0.05) is 31.1 Å². The van der Waals surface area contributed by atoms with Crippen molar-refractivity contribution in [2.75, 3.05) is 13.2 Å².